The van der Waals surface area contributed by atoms with E-state index in [1.807, 2.05) is 0 Å². The number of urea groups is 1. The monoisotopic (exact) mass is 257 g/mol. The first-order chi connectivity index (χ1) is 8.58. The highest BCUT2D eigenvalue weighted by Gasteiger charge is 2.24. The number of carbonyl (C=O) groups is 2. The van der Waals surface area contributed by atoms with E-state index < -0.39 is 18.0 Å². The van der Waals surface area contributed by atoms with E-state index in [-0.39, 0.29) is 0 Å². The number of likely N-dealkylation sites (tertiary alicyclic amines) is 1. The molecule has 2 amide bonds. The van der Waals surface area contributed by atoms with Crippen molar-refractivity contribution in [2.24, 2.45) is 0 Å². The third-order valence-corrected chi connectivity index (χ3v) is 3.42. The first-order valence-electron chi connectivity index (χ1n) is 6.59. The summed E-state index contributed by atoms with van der Waals surface area (Å²) < 4.78 is 0. The maximum atomic E-state index is 11.6. The van der Waals surface area contributed by atoms with Crippen molar-refractivity contribution in [3.8, 4) is 0 Å². The standard InChI is InChI=1S/C12H23N3O3/c1-3-10(11(16)17)14-12(18)13-8-9-6-5-7-15(9)4-2/h9-10H,3-8H2,1-2H3,(H,16,17)(H2,13,14,18)/t9?,10-/m1/s1. The first kappa shape index (κ1) is 14.8. The summed E-state index contributed by atoms with van der Waals surface area (Å²) in [6, 6.07) is -0.825. The number of amides is 2. The smallest absolute Gasteiger partial charge is 0.326 e. The Morgan fingerprint density at radius 1 is 1.44 bits per heavy atom. The van der Waals surface area contributed by atoms with Gasteiger partial charge in [0, 0.05) is 12.6 Å². The van der Waals surface area contributed by atoms with Crippen LogP contribution in [0, 0.1) is 0 Å². The highest BCUT2D eigenvalue weighted by Crippen LogP contribution is 2.15. The molecule has 104 valence electrons. The molecule has 0 radical (unpaired) electrons. The number of hydrogen-bond donors (Lipinski definition) is 3. The number of carbonyl (C=O) groups excluding carboxylic acids is 1. The Bertz CT molecular complexity index is 296. The van der Waals surface area contributed by atoms with Crippen molar-refractivity contribution in [1.29, 1.82) is 0 Å². The number of likely N-dealkylation sites (N-methyl/N-ethyl adjacent to an activating group) is 1. The maximum absolute atomic E-state index is 11.6. The summed E-state index contributed by atoms with van der Waals surface area (Å²) in [4.78, 5) is 24.7. The Balaban J connectivity index is 2.30. The summed E-state index contributed by atoms with van der Waals surface area (Å²) in [6.45, 7) is 6.48. The molecular weight excluding hydrogens is 234 g/mol. The fraction of sp³-hybridized carbons (Fsp3) is 0.833. The van der Waals surface area contributed by atoms with E-state index in [9.17, 15) is 9.59 Å². The zero-order chi connectivity index (χ0) is 13.5. The number of nitrogens with one attached hydrogen (secondary N) is 2. The Hall–Kier alpha value is -1.30. The summed E-state index contributed by atoms with van der Waals surface area (Å²) in [5.74, 6) is -0.997. The van der Waals surface area contributed by atoms with Crippen molar-refractivity contribution >= 4 is 12.0 Å². The van der Waals surface area contributed by atoms with Gasteiger partial charge in [-0.05, 0) is 32.4 Å². The molecular formula is C12H23N3O3. The molecule has 0 saturated carbocycles. The van der Waals surface area contributed by atoms with Crippen molar-refractivity contribution in [3.63, 3.8) is 0 Å². The SMILES string of the molecule is CC[C@@H](NC(=O)NCC1CCCN1CC)C(=O)O. The number of carboxylic acid groups (broad SMARTS) is 1. The Labute approximate surface area is 108 Å². The summed E-state index contributed by atoms with van der Waals surface area (Å²) in [5, 5.41) is 14.0. The van der Waals surface area contributed by atoms with Crippen LogP contribution in [0.3, 0.4) is 0 Å². The molecule has 6 nitrogen and oxygen atoms in total. The van der Waals surface area contributed by atoms with Crippen LogP contribution in [0.15, 0.2) is 0 Å². The molecule has 0 aromatic rings. The van der Waals surface area contributed by atoms with Crippen LogP contribution in [-0.2, 0) is 4.79 Å². The number of rotatable bonds is 6. The molecule has 2 atom stereocenters. The van der Waals surface area contributed by atoms with Gasteiger partial charge in [-0.1, -0.05) is 13.8 Å². The van der Waals surface area contributed by atoms with Gasteiger partial charge in [-0.3, -0.25) is 4.90 Å². The topological polar surface area (TPSA) is 81.7 Å². The molecule has 1 aliphatic heterocycles. The summed E-state index contributed by atoms with van der Waals surface area (Å²) in [6.07, 6.45) is 2.63. The van der Waals surface area contributed by atoms with Gasteiger partial charge in [0.15, 0.2) is 0 Å². The minimum absolute atomic E-state index is 0.380. The summed E-state index contributed by atoms with van der Waals surface area (Å²) in [7, 11) is 0. The molecule has 1 aliphatic rings. The summed E-state index contributed by atoms with van der Waals surface area (Å²) in [5.41, 5.74) is 0. The van der Waals surface area contributed by atoms with Crippen LogP contribution in [-0.4, -0.2) is 53.7 Å². The predicted molar refractivity (Wildman–Crippen MR) is 68.5 cm³/mol. The lowest BCUT2D eigenvalue weighted by Crippen LogP contribution is -2.48. The van der Waals surface area contributed by atoms with Gasteiger partial charge in [0.2, 0.25) is 0 Å². The predicted octanol–water partition coefficient (Wildman–Crippen LogP) is 0.633. The van der Waals surface area contributed by atoms with Gasteiger partial charge in [0.05, 0.1) is 0 Å². The van der Waals surface area contributed by atoms with Crippen LogP contribution < -0.4 is 10.6 Å². The minimum atomic E-state index is -0.997. The van der Waals surface area contributed by atoms with Gasteiger partial charge in [-0.2, -0.15) is 0 Å². The van der Waals surface area contributed by atoms with Gasteiger partial charge in [-0.15, -0.1) is 0 Å². The van der Waals surface area contributed by atoms with E-state index in [1.54, 1.807) is 6.92 Å². The zero-order valence-corrected chi connectivity index (χ0v) is 11.1. The average Bonchev–Trinajstić information content (AvgIpc) is 2.80. The molecule has 1 saturated heterocycles. The summed E-state index contributed by atoms with van der Waals surface area (Å²) >= 11 is 0. The van der Waals surface area contributed by atoms with Crippen molar-refractivity contribution < 1.29 is 14.7 Å². The average molecular weight is 257 g/mol. The lowest BCUT2D eigenvalue weighted by atomic mass is 10.2. The molecule has 0 aliphatic carbocycles. The van der Waals surface area contributed by atoms with E-state index >= 15 is 0 Å². The van der Waals surface area contributed by atoms with Crippen LogP contribution >= 0.6 is 0 Å². The molecule has 0 bridgehead atoms. The maximum Gasteiger partial charge on any atom is 0.326 e. The van der Waals surface area contributed by atoms with E-state index in [0.29, 0.717) is 19.0 Å². The van der Waals surface area contributed by atoms with Crippen LogP contribution in [0.5, 0.6) is 0 Å². The van der Waals surface area contributed by atoms with E-state index in [1.165, 1.54) is 0 Å². The van der Waals surface area contributed by atoms with Crippen LogP contribution in [0.2, 0.25) is 0 Å². The van der Waals surface area contributed by atoms with Gasteiger partial charge < -0.3 is 15.7 Å². The van der Waals surface area contributed by atoms with Gasteiger partial charge in [0.25, 0.3) is 0 Å². The van der Waals surface area contributed by atoms with Crippen molar-refractivity contribution in [3.05, 3.63) is 0 Å². The lowest BCUT2D eigenvalue weighted by molar-refractivity contribution is -0.139. The molecule has 0 spiro atoms. The van der Waals surface area contributed by atoms with Crippen molar-refractivity contribution in [2.75, 3.05) is 19.6 Å². The van der Waals surface area contributed by atoms with E-state index in [4.69, 9.17) is 5.11 Å². The number of carboxylic acids is 1. The second-order valence-electron chi connectivity index (χ2n) is 4.58. The first-order valence-corrected chi connectivity index (χ1v) is 6.59. The molecule has 0 aromatic heterocycles. The number of hydrogen-bond acceptors (Lipinski definition) is 3. The van der Waals surface area contributed by atoms with E-state index in [2.05, 4.69) is 22.5 Å². The van der Waals surface area contributed by atoms with Crippen molar-refractivity contribution in [1.82, 2.24) is 15.5 Å². The Morgan fingerprint density at radius 3 is 2.72 bits per heavy atom. The van der Waals surface area contributed by atoms with Crippen LogP contribution in [0.1, 0.15) is 33.1 Å². The Kier molecular flexibility index (Phi) is 5.91. The highest BCUT2D eigenvalue weighted by molar-refractivity contribution is 5.82. The molecule has 3 N–H and O–H groups in total. The molecule has 1 fully saturated rings. The number of aliphatic carboxylic acids is 1. The zero-order valence-electron chi connectivity index (χ0n) is 11.1. The largest absolute Gasteiger partial charge is 0.480 e. The normalized spacial score (nSPS) is 21.6. The third kappa shape index (κ3) is 4.18. The minimum Gasteiger partial charge on any atom is -0.480 e. The highest BCUT2D eigenvalue weighted by atomic mass is 16.4. The molecule has 6 heteroatoms. The second-order valence-corrected chi connectivity index (χ2v) is 4.58. The second kappa shape index (κ2) is 7.20. The Morgan fingerprint density at radius 2 is 2.17 bits per heavy atom. The van der Waals surface area contributed by atoms with Gasteiger partial charge in [0.1, 0.15) is 6.04 Å². The molecule has 18 heavy (non-hydrogen) atoms. The lowest BCUT2D eigenvalue weighted by Gasteiger charge is -2.23. The van der Waals surface area contributed by atoms with E-state index in [0.717, 1.165) is 25.9 Å². The number of nitrogens with zero attached hydrogens (tertiary/aromatic N) is 1. The van der Waals surface area contributed by atoms with Crippen molar-refractivity contribution in [2.45, 2.75) is 45.2 Å². The quantitative estimate of drug-likeness (QED) is 0.652. The molecule has 1 unspecified atom stereocenters. The molecule has 1 heterocycles. The molecule has 1 rings (SSSR count). The van der Waals surface area contributed by atoms with Gasteiger partial charge in [-0.25, -0.2) is 9.59 Å². The third-order valence-electron chi connectivity index (χ3n) is 3.42. The molecule has 0 aromatic carbocycles. The van der Waals surface area contributed by atoms with Crippen LogP contribution in [0.4, 0.5) is 4.79 Å². The van der Waals surface area contributed by atoms with Gasteiger partial charge >= 0.3 is 12.0 Å². The fourth-order valence-corrected chi connectivity index (χ4v) is 2.30. The fourth-order valence-electron chi connectivity index (χ4n) is 2.30. The van der Waals surface area contributed by atoms with Crippen LogP contribution in [0.25, 0.3) is 0 Å².